The van der Waals surface area contributed by atoms with Crippen LogP contribution in [0.15, 0.2) is 76.9 Å². The highest BCUT2D eigenvalue weighted by molar-refractivity contribution is 6.51. The molecule has 7 heteroatoms. The van der Waals surface area contributed by atoms with Gasteiger partial charge in [-0.05, 0) is 55.5 Å². The van der Waals surface area contributed by atoms with Crippen molar-refractivity contribution in [2.24, 2.45) is 0 Å². The fourth-order valence-corrected chi connectivity index (χ4v) is 3.61. The minimum atomic E-state index is -0.923. The number of ketones is 1. The zero-order valence-corrected chi connectivity index (χ0v) is 17.1. The third-order valence-corrected chi connectivity index (χ3v) is 5.03. The SMILES string of the molecule is CCOc1ccc(/C(O)=C2/C(=O)C(=O)N(c3cccc(OC)c3)C2c2ccco2)cc1. The van der Waals surface area contributed by atoms with E-state index >= 15 is 0 Å². The van der Waals surface area contributed by atoms with Gasteiger partial charge in [0.25, 0.3) is 11.7 Å². The first-order chi connectivity index (χ1) is 15.0. The molecule has 1 aliphatic heterocycles. The first kappa shape index (κ1) is 20.3. The summed E-state index contributed by atoms with van der Waals surface area (Å²) >= 11 is 0. The van der Waals surface area contributed by atoms with E-state index in [9.17, 15) is 14.7 Å². The highest BCUT2D eigenvalue weighted by Gasteiger charge is 2.48. The maximum absolute atomic E-state index is 13.0. The van der Waals surface area contributed by atoms with Crippen molar-refractivity contribution in [3.05, 3.63) is 83.8 Å². The minimum absolute atomic E-state index is 0.0491. The number of furan rings is 1. The van der Waals surface area contributed by atoms with Crippen LogP contribution in [0.5, 0.6) is 11.5 Å². The standard InChI is InChI=1S/C24H21NO6/c1-3-30-17-11-9-15(10-12-17)22(26)20-21(19-8-5-13-31-19)25(24(28)23(20)27)16-6-4-7-18(14-16)29-2/h4-14,21,26H,3H2,1-2H3/b22-20-. The summed E-state index contributed by atoms with van der Waals surface area (Å²) in [6, 6.07) is 15.9. The van der Waals surface area contributed by atoms with E-state index in [1.54, 1.807) is 60.7 Å². The first-order valence-corrected chi connectivity index (χ1v) is 9.76. The largest absolute Gasteiger partial charge is 0.507 e. The summed E-state index contributed by atoms with van der Waals surface area (Å²) in [6.07, 6.45) is 1.46. The van der Waals surface area contributed by atoms with Crippen LogP contribution in [0.25, 0.3) is 5.76 Å². The number of carbonyl (C=O) groups is 2. The molecule has 1 atom stereocenters. The smallest absolute Gasteiger partial charge is 0.300 e. The van der Waals surface area contributed by atoms with E-state index in [1.807, 2.05) is 6.92 Å². The molecule has 1 aliphatic rings. The number of carbonyl (C=O) groups excluding carboxylic acids is 2. The van der Waals surface area contributed by atoms with Gasteiger partial charge < -0.3 is 19.0 Å². The first-order valence-electron chi connectivity index (χ1n) is 9.76. The molecule has 2 heterocycles. The average molecular weight is 419 g/mol. The van der Waals surface area contributed by atoms with Crippen LogP contribution in [-0.2, 0) is 9.59 Å². The number of benzene rings is 2. The van der Waals surface area contributed by atoms with Crippen LogP contribution < -0.4 is 14.4 Å². The number of hydrogen-bond donors (Lipinski definition) is 1. The molecule has 0 aliphatic carbocycles. The normalized spacial score (nSPS) is 17.7. The Morgan fingerprint density at radius 3 is 2.48 bits per heavy atom. The summed E-state index contributed by atoms with van der Waals surface area (Å²) in [4.78, 5) is 27.4. The molecule has 3 aromatic rings. The number of aliphatic hydroxyl groups is 1. The summed E-state index contributed by atoms with van der Waals surface area (Å²) in [5.41, 5.74) is 0.796. The molecule has 0 bridgehead atoms. The number of methoxy groups -OCH3 is 1. The second kappa shape index (κ2) is 8.39. The van der Waals surface area contributed by atoms with Gasteiger partial charge in [0.1, 0.15) is 29.1 Å². The van der Waals surface area contributed by atoms with E-state index in [0.717, 1.165) is 0 Å². The lowest BCUT2D eigenvalue weighted by Gasteiger charge is -2.23. The van der Waals surface area contributed by atoms with Crippen LogP contribution in [0.3, 0.4) is 0 Å². The summed E-state index contributed by atoms with van der Waals surface area (Å²) < 4.78 is 16.2. The predicted molar refractivity (Wildman–Crippen MR) is 114 cm³/mol. The van der Waals surface area contributed by atoms with Gasteiger partial charge in [0.05, 0.1) is 25.6 Å². The van der Waals surface area contributed by atoms with Crippen molar-refractivity contribution in [3.63, 3.8) is 0 Å². The van der Waals surface area contributed by atoms with E-state index in [0.29, 0.717) is 35.1 Å². The highest BCUT2D eigenvalue weighted by Crippen LogP contribution is 2.43. The van der Waals surface area contributed by atoms with Gasteiger partial charge >= 0.3 is 0 Å². The molecule has 1 N–H and O–H groups in total. The summed E-state index contributed by atoms with van der Waals surface area (Å²) in [6.45, 7) is 2.38. The lowest BCUT2D eigenvalue weighted by Crippen LogP contribution is -2.29. The topological polar surface area (TPSA) is 89.2 Å². The maximum atomic E-state index is 13.0. The van der Waals surface area contributed by atoms with Crippen molar-refractivity contribution in [2.75, 3.05) is 18.6 Å². The number of aliphatic hydroxyl groups excluding tert-OH is 1. The van der Waals surface area contributed by atoms with Gasteiger partial charge in [0.2, 0.25) is 0 Å². The van der Waals surface area contributed by atoms with Gasteiger partial charge in [0, 0.05) is 17.3 Å². The molecule has 0 saturated carbocycles. The Kier molecular flexibility index (Phi) is 5.49. The second-order valence-corrected chi connectivity index (χ2v) is 6.84. The van der Waals surface area contributed by atoms with Crippen molar-refractivity contribution < 1.29 is 28.6 Å². The monoisotopic (exact) mass is 419 g/mol. The van der Waals surface area contributed by atoms with Crippen molar-refractivity contribution in [1.82, 2.24) is 0 Å². The van der Waals surface area contributed by atoms with Gasteiger partial charge in [-0.25, -0.2) is 0 Å². The Bertz CT molecular complexity index is 1130. The highest BCUT2D eigenvalue weighted by atomic mass is 16.5. The van der Waals surface area contributed by atoms with Crippen LogP contribution in [-0.4, -0.2) is 30.5 Å². The number of anilines is 1. The third-order valence-electron chi connectivity index (χ3n) is 5.03. The Balaban J connectivity index is 1.85. The molecule has 31 heavy (non-hydrogen) atoms. The number of nitrogens with zero attached hydrogens (tertiary/aromatic N) is 1. The number of amides is 1. The molecule has 1 fully saturated rings. The van der Waals surface area contributed by atoms with Gasteiger partial charge in [-0.1, -0.05) is 6.07 Å². The fourth-order valence-electron chi connectivity index (χ4n) is 3.61. The number of ether oxygens (including phenoxy) is 2. The zero-order valence-electron chi connectivity index (χ0n) is 17.1. The van der Waals surface area contributed by atoms with Gasteiger partial charge in [-0.15, -0.1) is 0 Å². The number of Topliss-reactive ketones (excluding diaryl/α,β-unsaturated/α-hetero) is 1. The van der Waals surface area contributed by atoms with Gasteiger partial charge in [-0.3, -0.25) is 14.5 Å². The molecule has 1 unspecified atom stereocenters. The van der Waals surface area contributed by atoms with Crippen molar-refractivity contribution in [2.45, 2.75) is 13.0 Å². The van der Waals surface area contributed by atoms with E-state index in [4.69, 9.17) is 13.9 Å². The van der Waals surface area contributed by atoms with Crippen molar-refractivity contribution in [3.8, 4) is 11.5 Å². The summed E-state index contributed by atoms with van der Waals surface area (Å²) in [7, 11) is 1.52. The van der Waals surface area contributed by atoms with Crippen LogP contribution in [0.1, 0.15) is 24.3 Å². The Morgan fingerprint density at radius 2 is 1.84 bits per heavy atom. The molecule has 2 aromatic carbocycles. The van der Waals surface area contributed by atoms with Crippen molar-refractivity contribution in [1.29, 1.82) is 0 Å². The molecular formula is C24H21NO6. The fraction of sp³-hybridized carbons (Fsp3) is 0.167. The molecule has 0 spiro atoms. The van der Waals surface area contributed by atoms with Gasteiger partial charge in [0.15, 0.2) is 0 Å². The Labute approximate surface area is 179 Å². The molecule has 158 valence electrons. The maximum Gasteiger partial charge on any atom is 0.300 e. The van der Waals surface area contributed by atoms with Crippen LogP contribution in [0, 0.1) is 0 Å². The van der Waals surface area contributed by atoms with Crippen LogP contribution in [0.2, 0.25) is 0 Å². The van der Waals surface area contributed by atoms with E-state index in [2.05, 4.69) is 0 Å². The van der Waals surface area contributed by atoms with Crippen LogP contribution in [0.4, 0.5) is 5.69 Å². The minimum Gasteiger partial charge on any atom is -0.507 e. The number of hydrogen-bond acceptors (Lipinski definition) is 6. The molecule has 1 aromatic heterocycles. The number of rotatable bonds is 6. The van der Waals surface area contributed by atoms with E-state index in [-0.39, 0.29) is 11.3 Å². The molecule has 7 nitrogen and oxygen atoms in total. The predicted octanol–water partition coefficient (Wildman–Crippen LogP) is 4.31. The quantitative estimate of drug-likeness (QED) is 0.364. The summed E-state index contributed by atoms with van der Waals surface area (Å²) in [5, 5.41) is 11.0. The lowest BCUT2D eigenvalue weighted by molar-refractivity contribution is -0.132. The van der Waals surface area contributed by atoms with Crippen LogP contribution >= 0.6 is 0 Å². The zero-order chi connectivity index (χ0) is 22.0. The lowest BCUT2D eigenvalue weighted by atomic mass is 9.99. The molecular weight excluding hydrogens is 398 g/mol. The van der Waals surface area contributed by atoms with Crippen molar-refractivity contribution >= 4 is 23.1 Å². The Morgan fingerprint density at radius 1 is 1.06 bits per heavy atom. The Hall–Kier alpha value is -4.00. The van der Waals surface area contributed by atoms with Gasteiger partial charge in [-0.2, -0.15) is 0 Å². The average Bonchev–Trinajstić information content (AvgIpc) is 3.41. The summed E-state index contributed by atoms with van der Waals surface area (Å²) in [5.74, 6) is -0.317. The molecule has 1 amide bonds. The molecule has 0 radical (unpaired) electrons. The molecule has 4 rings (SSSR count). The molecule has 1 saturated heterocycles. The van der Waals surface area contributed by atoms with E-state index in [1.165, 1.54) is 18.3 Å². The third kappa shape index (κ3) is 3.66. The second-order valence-electron chi connectivity index (χ2n) is 6.84. The van der Waals surface area contributed by atoms with E-state index < -0.39 is 17.7 Å².